The van der Waals surface area contributed by atoms with Crippen molar-refractivity contribution in [3.05, 3.63) is 68.8 Å². The lowest BCUT2D eigenvalue weighted by Crippen LogP contribution is -2.64. The normalized spacial score (nSPS) is 25.4. The Kier molecular flexibility index (Phi) is 9.85. The maximum Gasteiger partial charge on any atom is 0.220 e. The lowest BCUT2D eigenvalue weighted by Gasteiger charge is -2.40. The molecule has 11 nitrogen and oxygen atoms in total. The van der Waals surface area contributed by atoms with Crippen LogP contribution in [0.5, 0.6) is 0 Å². The van der Waals surface area contributed by atoms with Crippen LogP contribution in [0.4, 0.5) is 0 Å². The average Bonchev–Trinajstić information content (AvgIpc) is 3.78. The molecule has 7 atom stereocenters. The van der Waals surface area contributed by atoms with E-state index in [1.54, 1.807) is 0 Å². The highest BCUT2D eigenvalue weighted by Gasteiger charge is 2.44. The number of carbonyl (C=O) groups excluding carboxylic acids is 1. The van der Waals surface area contributed by atoms with Gasteiger partial charge in [-0.1, -0.05) is 20.8 Å². The van der Waals surface area contributed by atoms with Gasteiger partial charge in [-0.15, -0.1) is 0 Å². The number of ether oxygens (including phenoxy) is 1. The van der Waals surface area contributed by atoms with Crippen molar-refractivity contribution in [2.45, 2.75) is 117 Å². The molecule has 3 aliphatic heterocycles. The van der Waals surface area contributed by atoms with Gasteiger partial charge in [-0.05, 0) is 105 Å². The van der Waals surface area contributed by atoms with Crippen LogP contribution in [-0.4, -0.2) is 83.5 Å². The summed E-state index contributed by atoms with van der Waals surface area (Å²) >= 11 is 0. The van der Waals surface area contributed by atoms with Crippen LogP contribution in [0.2, 0.25) is 0 Å². The molecular weight excluding hydrogens is 622 g/mol. The number of aliphatic hydroxyl groups is 4. The maximum absolute atomic E-state index is 13.2. The molecule has 1 saturated heterocycles. The van der Waals surface area contributed by atoms with Crippen molar-refractivity contribution in [2.75, 3.05) is 6.61 Å². The van der Waals surface area contributed by atoms with Crippen LogP contribution < -0.4 is 5.32 Å². The Morgan fingerprint density at radius 3 is 2.14 bits per heavy atom. The third kappa shape index (κ3) is 6.34. The molecule has 262 valence electrons. The molecule has 8 bridgehead atoms. The molecule has 0 aromatic carbocycles. The number of nitrogens with zero attached hydrogens (tertiary/aromatic N) is 2. The number of amides is 1. The van der Waals surface area contributed by atoms with Gasteiger partial charge >= 0.3 is 0 Å². The third-order valence-corrected chi connectivity index (χ3v) is 10.8. The van der Waals surface area contributed by atoms with Crippen LogP contribution in [-0.2, 0) is 22.4 Å². The van der Waals surface area contributed by atoms with Gasteiger partial charge in [-0.25, -0.2) is 4.98 Å². The number of hydrogen-bond donors (Lipinski definition) is 7. The van der Waals surface area contributed by atoms with Gasteiger partial charge in [0.2, 0.25) is 5.91 Å². The fourth-order valence-corrected chi connectivity index (χ4v) is 7.71. The maximum atomic E-state index is 13.2. The van der Waals surface area contributed by atoms with Crippen molar-refractivity contribution in [2.24, 2.45) is 0 Å². The smallest absolute Gasteiger partial charge is 0.220 e. The minimum absolute atomic E-state index is 0.0167. The molecule has 3 aliphatic rings. The first-order chi connectivity index (χ1) is 23.4. The number of H-pyrrole nitrogens is 2. The summed E-state index contributed by atoms with van der Waals surface area (Å²) in [5, 5.41) is 43.3. The molecule has 7 N–H and O–H groups in total. The van der Waals surface area contributed by atoms with E-state index in [1.807, 2.05) is 6.92 Å². The molecule has 0 aliphatic carbocycles. The van der Waals surface area contributed by atoms with E-state index < -0.39 is 43.2 Å². The first-order valence-electron chi connectivity index (χ1n) is 17.4. The Morgan fingerprint density at radius 2 is 1.51 bits per heavy atom. The topological polar surface area (TPSA) is 177 Å². The van der Waals surface area contributed by atoms with Gasteiger partial charge in [-0.3, -0.25) is 9.78 Å². The molecule has 1 fully saturated rings. The number of aromatic amines is 2. The Hall–Kier alpha value is -3.87. The van der Waals surface area contributed by atoms with Crippen molar-refractivity contribution >= 4 is 39.6 Å². The Morgan fingerprint density at radius 1 is 0.878 bits per heavy atom. The van der Waals surface area contributed by atoms with Crippen molar-refractivity contribution < 1.29 is 30.0 Å². The fourth-order valence-electron chi connectivity index (χ4n) is 7.71. The van der Waals surface area contributed by atoms with Crippen LogP contribution in [0.3, 0.4) is 0 Å². The number of aryl methyl sites for hydroxylation is 4. The van der Waals surface area contributed by atoms with Crippen molar-refractivity contribution in [1.82, 2.24) is 25.3 Å². The molecule has 0 saturated carbocycles. The fraction of sp³-hybridized carbons (Fsp3) is 0.500. The van der Waals surface area contributed by atoms with Crippen molar-refractivity contribution in [3.63, 3.8) is 0 Å². The highest BCUT2D eigenvalue weighted by Crippen LogP contribution is 2.42. The molecule has 3 aromatic heterocycles. The number of hydrogen-bond acceptors (Lipinski definition) is 8. The SMILES string of the molecule is CCc1c(C)c2cc3[nH]c(cc4nc(c(C)c5nc(cc1[nH]2)C(C)=C5)[C@@H](CCC(=O)N[C@@H]1C(O)O[C@H](CO)[C@@H](O)[C@@H]1O)[C@@H]4C)c(C)c3CC. The second kappa shape index (κ2) is 13.8. The molecule has 6 heterocycles. The Labute approximate surface area is 286 Å². The molecule has 0 spiro atoms. The Bertz CT molecular complexity index is 1960. The lowest BCUT2D eigenvalue weighted by atomic mass is 9.85. The number of carbonyl (C=O) groups is 1. The largest absolute Gasteiger partial charge is 0.394 e. The molecule has 49 heavy (non-hydrogen) atoms. The summed E-state index contributed by atoms with van der Waals surface area (Å²) in [5.41, 5.74) is 14.7. The minimum atomic E-state index is -1.57. The van der Waals surface area contributed by atoms with Crippen molar-refractivity contribution in [1.29, 1.82) is 0 Å². The van der Waals surface area contributed by atoms with Gasteiger partial charge in [0.1, 0.15) is 24.4 Å². The monoisotopic (exact) mass is 671 g/mol. The quantitative estimate of drug-likeness (QED) is 0.192. The molecular formula is C38H49N5O6. The van der Waals surface area contributed by atoms with E-state index in [1.165, 1.54) is 22.3 Å². The first-order valence-corrected chi connectivity index (χ1v) is 17.4. The summed E-state index contributed by atoms with van der Waals surface area (Å²) in [5.74, 6) is -0.525. The molecule has 6 rings (SSSR count). The zero-order valence-electron chi connectivity index (χ0n) is 29.4. The molecule has 3 aromatic rings. The van der Waals surface area contributed by atoms with E-state index in [2.05, 4.69) is 81.1 Å². The third-order valence-electron chi connectivity index (χ3n) is 10.8. The van der Waals surface area contributed by atoms with Gasteiger partial charge in [0.25, 0.3) is 0 Å². The highest BCUT2D eigenvalue weighted by atomic mass is 16.6. The number of rotatable bonds is 7. The van der Waals surface area contributed by atoms with Crippen LogP contribution in [0.1, 0.15) is 103 Å². The molecule has 11 heteroatoms. The summed E-state index contributed by atoms with van der Waals surface area (Å²) in [4.78, 5) is 30.9. The van der Waals surface area contributed by atoms with Gasteiger partial charge in [0.05, 0.1) is 18.0 Å². The van der Waals surface area contributed by atoms with E-state index in [9.17, 15) is 25.2 Å². The molecule has 0 radical (unpaired) electrons. The zero-order valence-corrected chi connectivity index (χ0v) is 29.4. The van der Waals surface area contributed by atoms with E-state index in [0.717, 1.165) is 68.8 Å². The highest BCUT2D eigenvalue weighted by molar-refractivity contribution is 5.85. The number of aromatic nitrogens is 4. The minimum Gasteiger partial charge on any atom is -0.394 e. The summed E-state index contributed by atoms with van der Waals surface area (Å²) in [6.45, 7) is 14.3. The zero-order chi connectivity index (χ0) is 35.3. The summed E-state index contributed by atoms with van der Waals surface area (Å²) < 4.78 is 5.22. The first kappa shape index (κ1) is 35.0. The number of fused-ring (bicyclic) bond motifs is 8. The molecule has 1 unspecified atom stereocenters. The van der Waals surface area contributed by atoms with E-state index in [4.69, 9.17) is 14.7 Å². The summed E-state index contributed by atoms with van der Waals surface area (Å²) in [6.07, 6.45) is -1.28. The van der Waals surface area contributed by atoms with Gasteiger partial charge in [-0.2, -0.15) is 0 Å². The van der Waals surface area contributed by atoms with Gasteiger partial charge in [0.15, 0.2) is 6.29 Å². The predicted molar refractivity (Wildman–Crippen MR) is 190 cm³/mol. The second-order valence-electron chi connectivity index (χ2n) is 13.8. The standard InChI is InChI=1S/C38H49N5O6/c1-8-22-19(5)28-15-31-23(9-2)18(4)27(40-31)14-29-20(6)24(10-11-33(45)43-35-37(47)36(46)32(16-44)49-38(35)48)34(42-29)21(7)26-12-17(3)25(39-26)13-30(22)41-28/h12-15,20,24,32,35-38,40-41,44,46-48H,8-11,16H2,1-7H3,(H,43,45)/t20-,24-,32+,35-,36+,37+,38?/m0/s1. The summed E-state index contributed by atoms with van der Waals surface area (Å²) in [6, 6.07) is 5.24. The van der Waals surface area contributed by atoms with Crippen LogP contribution >= 0.6 is 0 Å². The van der Waals surface area contributed by atoms with Crippen molar-refractivity contribution in [3.8, 4) is 0 Å². The second-order valence-corrected chi connectivity index (χ2v) is 13.8. The molecule has 1 amide bonds. The van der Waals surface area contributed by atoms with Gasteiger partial charge < -0.3 is 40.4 Å². The average molecular weight is 672 g/mol. The van der Waals surface area contributed by atoms with Crippen LogP contribution in [0.15, 0.2) is 18.2 Å². The predicted octanol–water partition coefficient (Wildman–Crippen LogP) is 4.51. The Balaban J connectivity index is 1.44. The van der Waals surface area contributed by atoms with Gasteiger partial charge in [0, 0.05) is 51.7 Å². The van der Waals surface area contributed by atoms with E-state index in [0.29, 0.717) is 6.42 Å². The van der Waals surface area contributed by atoms with E-state index >= 15 is 0 Å². The van der Waals surface area contributed by atoms with E-state index in [-0.39, 0.29) is 18.3 Å². The number of allylic oxidation sites excluding steroid dienone is 1. The lowest BCUT2D eigenvalue weighted by molar-refractivity contribution is -0.253. The number of aliphatic hydroxyl groups excluding tert-OH is 4. The summed E-state index contributed by atoms with van der Waals surface area (Å²) in [7, 11) is 0. The number of nitrogens with one attached hydrogen (secondary N) is 3. The van der Waals surface area contributed by atoms with Crippen LogP contribution in [0, 0.1) is 20.8 Å². The van der Waals surface area contributed by atoms with Crippen LogP contribution in [0.25, 0.3) is 33.7 Å².